The zero-order valence-electron chi connectivity index (χ0n) is 12.3. The predicted octanol–water partition coefficient (Wildman–Crippen LogP) is 2.42. The highest BCUT2D eigenvalue weighted by Gasteiger charge is 2.17. The van der Waals surface area contributed by atoms with Gasteiger partial charge < -0.3 is 14.5 Å². The van der Waals surface area contributed by atoms with Gasteiger partial charge in [0.2, 0.25) is 0 Å². The molecule has 0 N–H and O–H groups in total. The molecule has 0 bridgehead atoms. The van der Waals surface area contributed by atoms with Crippen LogP contribution in [-0.2, 0) is 4.74 Å². The topological polar surface area (TPSA) is 15.7 Å². The molecule has 0 unspecified atom stereocenters. The maximum absolute atomic E-state index is 4.83. The third kappa shape index (κ3) is 7.34. The fourth-order valence-electron chi connectivity index (χ4n) is 2.37. The van der Waals surface area contributed by atoms with Crippen molar-refractivity contribution in [2.75, 3.05) is 53.5 Å². The molecule has 3 fully saturated rings. The summed E-state index contributed by atoms with van der Waals surface area (Å²) in [5.41, 5.74) is 0. The minimum Gasteiger partial charge on any atom is -0.381 e. The summed E-state index contributed by atoms with van der Waals surface area (Å²) >= 11 is 0. The lowest BCUT2D eigenvalue weighted by Gasteiger charge is -2.33. The lowest BCUT2D eigenvalue weighted by atomic mass is 10.1. The molecule has 0 spiro atoms. The van der Waals surface area contributed by atoms with Gasteiger partial charge in [0, 0.05) is 32.1 Å². The number of hydrogen-bond donors (Lipinski definition) is 0. The molecule has 110 valence electrons. The normalized spacial score (nSPS) is 25.2. The monoisotopic (exact) mass is 258 g/mol. The largest absolute Gasteiger partial charge is 0.381 e. The van der Waals surface area contributed by atoms with Crippen LogP contribution in [0.3, 0.4) is 0 Å². The van der Waals surface area contributed by atoms with E-state index in [1.54, 1.807) is 0 Å². The van der Waals surface area contributed by atoms with Crippen molar-refractivity contribution in [2.24, 2.45) is 17.8 Å². The molecule has 3 saturated heterocycles. The molecule has 3 nitrogen and oxygen atoms in total. The molecule has 3 rings (SSSR count). The van der Waals surface area contributed by atoms with Crippen molar-refractivity contribution in [3.63, 3.8) is 0 Å². The van der Waals surface area contributed by atoms with Crippen LogP contribution in [0.2, 0.25) is 0 Å². The zero-order valence-corrected chi connectivity index (χ0v) is 12.3. The summed E-state index contributed by atoms with van der Waals surface area (Å²) in [7, 11) is 4.31. The average Bonchev–Trinajstić information content (AvgIpc) is 2.13. The van der Waals surface area contributed by atoms with E-state index in [4.69, 9.17) is 4.74 Å². The van der Waals surface area contributed by atoms with Crippen molar-refractivity contribution in [2.45, 2.75) is 28.2 Å². The quantitative estimate of drug-likeness (QED) is 0.664. The highest BCUT2D eigenvalue weighted by atomic mass is 16.5. The molecule has 3 aliphatic rings. The summed E-state index contributed by atoms with van der Waals surface area (Å²) in [4.78, 5) is 4.65. The smallest absolute Gasteiger partial charge is 0.0513 e. The van der Waals surface area contributed by atoms with Crippen molar-refractivity contribution in [1.82, 2.24) is 9.80 Å². The average molecular weight is 258 g/mol. The first-order valence-corrected chi connectivity index (χ1v) is 6.92. The van der Waals surface area contributed by atoms with Crippen LogP contribution in [-0.4, -0.2) is 63.3 Å². The molecule has 3 heteroatoms. The lowest BCUT2D eigenvalue weighted by molar-refractivity contribution is -0.0221. The fraction of sp³-hybridized carbons (Fsp3) is 1.00. The third-order valence-corrected chi connectivity index (χ3v) is 3.30. The van der Waals surface area contributed by atoms with Gasteiger partial charge in [0.25, 0.3) is 0 Å². The second-order valence-corrected chi connectivity index (χ2v) is 6.30. The van der Waals surface area contributed by atoms with Gasteiger partial charge in [0.15, 0.2) is 0 Å². The number of nitrogens with zero attached hydrogens (tertiary/aromatic N) is 2. The number of hydrogen-bond acceptors (Lipinski definition) is 3. The molecule has 0 amide bonds. The second kappa shape index (κ2) is 8.89. The van der Waals surface area contributed by atoms with Gasteiger partial charge in [-0.05, 0) is 25.9 Å². The van der Waals surface area contributed by atoms with E-state index >= 15 is 0 Å². The standard InChI is InChI=1S/2C5H11N.C4H8O.CH4/c2*1-5-3-6(2)4-5;1-4-2-5-3-4;/h2*5H,3-4H2,1-2H3;4H,2-3H2,1H3;1H4. The Hall–Kier alpha value is -0.120. The van der Waals surface area contributed by atoms with Crippen molar-refractivity contribution in [1.29, 1.82) is 0 Å². The Balaban J connectivity index is 0.000000235. The molecule has 0 radical (unpaired) electrons. The maximum Gasteiger partial charge on any atom is 0.0513 e. The molecule has 18 heavy (non-hydrogen) atoms. The third-order valence-electron chi connectivity index (χ3n) is 3.30. The van der Waals surface area contributed by atoms with Gasteiger partial charge >= 0.3 is 0 Å². The molecule has 0 atom stereocenters. The van der Waals surface area contributed by atoms with E-state index in [2.05, 4.69) is 44.7 Å². The van der Waals surface area contributed by atoms with Crippen molar-refractivity contribution in [3.8, 4) is 0 Å². The molecule has 3 heterocycles. The SMILES string of the molecule is C.CC1CN(C)C1.CC1CN(C)C1.CC1COC1. The molecular formula is C15H34N2O. The Bertz CT molecular complexity index is 167. The summed E-state index contributed by atoms with van der Waals surface area (Å²) in [5, 5.41) is 0. The van der Waals surface area contributed by atoms with Crippen molar-refractivity contribution >= 4 is 0 Å². The van der Waals surface area contributed by atoms with E-state index in [9.17, 15) is 0 Å². The maximum atomic E-state index is 4.83. The molecule has 0 aliphatic carbocycles. The number of ether oxygens (including phenoxy) is 1. The van der Waals surface area contributed by atoms with Crippen LogP contribution < -0.4 is 0 Å². The van der Waals surface area contributed by atoms with Gasteiger partial charge in [0.05, 0.1) is 13.2 Å². The van der Waals surface area contributed by atoms with Gasteiger partial charge in [-0.25, -0.2) is 0 Å². The first-order chi connectivity index (χ1) is 7.97. The van der Waals surface area contributed by atoms with Crippen LogP contribution in [0.15, 0.2) is 0 Å². The highest BCUT2D eigenvalue weighted by Crippen LogP contribution is 2.09. The van der Waals surface area contributed by atoms with Gasteiger partial charge in [0.1, 0.15) is 0 Å². The van der Waals surface area contributed by atoms with Crippen LogP contribution in [0.25, 0.3) is 0 Å². The summed E-state index contributed by atoms with van der Waals surface area (Å²) in [6.45, 7) is 13.9. The first-order valence-electron chi connectivity index (χ1n) is 6.92. The Labute approximate surface area is 114 Å². The van der Waals surface area contributed by atoms with E-state index in [0.29, 0.717) is 0 Å². The minimum absolute atomic E-state index is 0. The molecule has 0 aromatic heterocycles. The van der Waals surface area contributed by atoms with Crippen LogP contribution in [0.5, 0.6) is 0 Å². The first kappa shape index (κ1) is 17.9. The Morgan fingerprint density at radius 1 is 0.722 bits per heavy atom. The predicted molar refractivity (Wildman–Crippen MR) is 80.0 cm³/mol. The summed E-state index contributed by atoms with van der Waals surface area (Å²) < 4.78 is 4.83. The Morgan fingerprint density at radius 2 is 1.00 bits per heavy atom. The van der Waals surface area contributed by atoms with Crippen LogP contribution in [0, 0.1) is 17.8 Å². The Kier molecular flexibility index (Phi) is 8.83. The van der Waals surface area contributed by atoms with Crippen LogP contribution in [0.4, 0.5) is 0 Å². The van der Waals surface area contributed by atoms with Gasteiger partial charge in [-0.2, -0.15) is 0 Å². The number of rotatable bonds is 0. The molecule has 0 aromatic carbocycles. The van der Waals surface area contributed by atoms with E-state index in [1.807, 2.05) is 0 Å². The fourth-order valence-corrected chi connectivity index (χ4v) is 2.37. The summed E-state index contributed by atoms with van der Waals surface area (Å²) in [6, 6.07) is 0. The summed E-state index contributed by atoms with van der Waals surface area (Å²) in [6.07, 6.45) is 0. The number of likely N-dealkylation sites (tertiary alicyclic amines) is 2. The molecular weight excluding hydrogens is 224 g/mol. The van der Waals surface area contributed by atoms with Gasteiger partial charge in [-0.15, -0.1) is 0 Å². The van der Waals surface area contributed by atoms with E-state index in [0.717, 1.165) is 31.0 Å². The van der Waals surface area contributed by atoms with Crippen molar-refractivity contribution in [3.05, 3.63) is 0 Å². The van der Waals surface area contributed by atoms with Crippen LogP contribution >= 0.6 is 0 Å². The summed E-state index contributed by atoms with van der Waals surface area (Å²) in [5.74, 6) is 2.78. The highest BCUT2D eigenvalue weighted by molar-refractivity contribution is 4.71. The Morgan fingerprint density at radius 3 is 1.00 bits per heavy atom. The second-order valence-electron chi connectivity index (χ2n) is 6.30. The zero-order chi connectivity index (χ0) is 12.8. The van der Waals surface area contributed by atoms with E-state index in [-0.39, 0.29) is 7.43 Å². The van der Waals surface area contributed by atoms with E-state index in [1.165, 1.54) is 26.2 Å². The van der Waals surface area contributed by atoms with Gasteiger partial charge in [-0.3, -0.25) is 0 Å². The van der Waals surface area contributed by atoms with Gasteiger partial charge in [-0.1, -0.05) is 28.2 Å². The van der Waals surface area contributed by atoms with E-state index < -0.39 is 0 Å². The van der Waals surface area contributed by atoms with Crippen molar-refractivity contribution < 1.29 is 4.74 Å². The molecule has 3 aliphatic heterocycles. The van der Waals surface area contributed by atoms with Crippen LogP contribution in [0.1, 0.15) is 28.2 Å². The molecule has 0 saturated carbocycles. The minimum atomic E-state index is 0. The lowest BCUT2D eigenvalue weighted by Crippen LogP contribution is -2.41. The molecule has 0 aromatic rings.